The molecule has 1 heterocycles. The van der Waals surface area contributed by atoms with E-state index in [0.29, 0.717) is 10.7 Å². The van der Waals surface area contributed by atoms with Crippen LogP contribution in [-0.4, -0.2) is 41.4 Å². The number of nitrogens with two attached hydrogens (primary N) is 1. The topological polar surface area (TPSA) is 89.7 Å². The fraction of sp³-hybridized carbons (Fsp3) is 0.400. The van der Waals surface area contributed by atoms with Gasteiger partial charge in [-0.25, -0.2) is 4.90 Å². The summed E-state index contributed by atoms with van der Waals surface area (Å²) in [5, 5.41) is -0.0159. The van der Waals surface area contributed by atoms with Crippen molar-refractivity contribution in [2.45, 2.75) is 24.6 Å². The molecule has 1 fully saturated rings. The van der Waals surface area contributed by atoms with Gasteiger partial charge in [0.15, 0.2) is 0 Å². The minimum atomic E-state index is -0.813. The van der Waals surface area contributed by atoms with Crippen LogP contribution < -0.4 is 10.6 Å². The van der Waals surface area contributed by atoms with Gasteiger partial charge >= 0.3 is 5.97 Å². The van der Waals surface area contributed by atoms with Crippen LogP contribution in [0.25, 0.3) is 0 Å². The van der Waals surface area contributed by atoms with E-state index >= 15 is 0 Å². The molecule has 2 rings (SSSR count). The third-order valence-corrected chi connectivity index (χ3v) is 4.83. The largest absolute Gasteiger partial charge is 0.465 e. The van der Waals surface area contributed by atoms with E-state index in [-0.39, 0.29) is 30.6 Å². The zero-order valence-corrected chi connectivity index (χ0v) is 14.1. The van der Waals surface area contributed by atoms with E-state index < -0.39 is 17.3 Å². The molecule has 1 aromatic rings. The van der Waals surface area contributed by atoms with Crippen LogP contribution in [0, 0.1) is 0 Å². The molecule has 23 heavy (non-hydrogen) atoms. The van der Waals surface area contributed by atoms with Gasteiger partial charge < -0.3 is 10.5 Å². The van der Waals surface area contributed by atoms with Crippen molar-refractivity contribution < 1.29 is 19.1 Å². The van der Waals surface area contributed by atoms with Gasteiger partial charge in [0.2, 0.25) is 11.8 Å². The SMILES string of the molecule is CCOC(=O)[C@@H](N)CS[C@@H]1CC(=O)N(c2ccc(Cl)cc2)C1=O. The van der Waals surface area contributed by atoms with Gasteiger partial charge in [0, 0.05) is 17.2 Å². The minimum absolute atomic E-state index is 0.0850. The molecule has 2 atom stereocenters. The van der Waals surface area contributed by atoms with Crippen molar-refractivity contribution in [3.05, 3.63) is 29.3 Å². The molecule has 0 bridgehead atoms. The maximum atomic E-state index is 12.4. The van der Waals surface area contributed by atoms with Gasteiger partial charge in [-0.3, -0.25) is 14.4 Å². The number of imide groups is 1. The highest BCUT2D eigenvalue weighted by atomic mass is 35.5. The van der Waals surface area contributed by atoms with Crippen molar-refractivity contribution in [2.75, 3.05) is 17.3 Å². The van der Waals surface area contributed by atoms with Crippen LogP contribution in [0.2, 0.25) is 5.02 Å². The first-order valence-electron chi connectivity index (χ1n) is 7.10. The van der Waals surface area contributed by atoms with Crippen LogP contribution in [0.3, 0.4) is 0 Å². The van der Waals surface area contributed by atoms with Gasteiger partial charge in [0.25, 0.3) is 0 Å². The monoisotopic (exact) mass is 356 g/mol. The predicted octanol–water partition coefficient (Wildman–Crippen LogP) is 1.60. The number of thioether (sulfide) groups is 1. The van der Waals surface area contributed by atoms with Gasteiger partial charge in [0.05, 0.1) is 17.5 Å². The molecule has 0 unspecified atom stereocenters. The number of carbonyl (C=O) groups excluding carboxylic acids is 3. The predicted molar refractivity (Wildman–Crippen MR) is 89.4 cm³/mol. The van der Waals surface area contributed by atoms with Crippen LogP contribution in [0.5, 0.6) is 0 Å². The highest BCUT2D eigenvalue weighted by molar-refractivity contribution is 8.00. The second kappa shape index (κ2) is 7.81. The molecule has 0 aromatic heterocycles. The Bertz CT molecular complexity index is 608. The number of hydrogen-bond donors (Lipinski definition) is 1. The molecule has 6 nitrogen and oxygen atoms in total. The third-order valence-electron chi connectivity index (χ3n) is 3.26. The number of halogens is 1. The average Bonchev–Trinajstić information content (AvgIpc) is 2.80. The Morgan fingerprint density at radius 1 is 1.43 bits per heavy atom. The maximum Gasteiger partial charge on any atom is 0.323 e. The van der Waals surface area contributed by atoms with Crippen molar-refractivity contribution >= 4 is 46.8 Å². The normalized spacial score (nSPS) is 19.1. The van der Waals surface area contributed by atoms with Crippen molar-refractivity contribution in [3.8, 4) is 0 Å². The van der Waals surface area contributed by atoms with Crippen LogP contribution in [0.4, 0.5) is 5.69 Å². The summed E-state index contributed by atoms with van der Waals surface area (Å²) in [6.45, 7) is 1.95. The number of amides is 2. The Morgan fingerprint density at radius 2 is 2.09 bits per heavy atom. The van der Waals surface area contributed by atoms with Crippen LogP contribution in [-0.2, 0) is 19.1 Å². The van der Waals surface area contributed by atoms with Crippen LogP contribution in [0.15, 0.2) is 24.3 Å². The Kier molecular flexibility index (Phi) is 6.04. The highest BCUT2D eigenvalue weighted by Crippen LogP contribution is 2.30. The van der Waals surface area contributed by atoms with E-state index in [9.17, 15) is 14.4 Å². The molecule has 1 aliphatic rings. The summed E-state index contributed by atoms with van der Waals surface area (Å²) in [5.41, 5.74) is 6.19. The molecule has 0 aliphatic carbocycles. The van der Waals surface area contributed by atoms with Crippen LogP contribution in [0.1, 0.15) is 13.3 Å². The highest BCUT2D eigenvalue weighted by Gasteiger charge is 2.40. The zero-order chi connectivity index (χ0) is 17.0. The van der Waals surface area contributed by atoms with E-state index in [0.717, 1.165) is 4.90 Å². The fourth-order valence-electron chi connectivity index (χ4n) is 2.13. The Morgan fingerprint density at radius 3 is 2.70 bits per heavy atom. The lowest BCUT2D eigenvalue weighted by Crippen LogP contribution is -2.36. The van der Waals surface area contributed by atoms with Gasteiger partial charge in [-0.15, -0.1) is 11.8 Å². The fourth-order valence-corrected chi connectivity index (χ4v) is 3.34. The van der Waals surface area contributed by atoms with Crippen molar-refractivity contribution in [3.63, 3.8) is 0 Å². The van der Waals surface area contributed by atoms with Crippen LogP contribution >= 0.6 is 23.4 Å². The van der Waals surface area contributed by atoms with E-state index in [1.165, 1.54) is 11.8 Å². The summed E-state index contributed by atoms with van der Waals surface area (Å²) in [6.07, 6.45) is 0.0850. The maximum absolute atomic E-state index is 12.4. The average molecular weight is 357 g/mol. The summed E-state index contributed by atoms with van der Waals surface area (Å²) >= 11 is 7.01. The first-order chi connectivity index (χ1) is 10.9. The molecule has 0 spiro atoms. The van der Waals surface area contributed by atoms with Gasteiger partial charge in [-0.2, -0.15) is 0 Å². The van der Waals surface area contributed by atoms with E-state index in [2.05, 4.69) is 0 Å². The quantitative estimate of drug-likeness (QED) is 0.615. The zero-order valence-electron chi connectivity index (χ0n) is 12.5. The first kappa shape index (κ1) is 17.8. The number of esters is 1. The molecule has 0 saturated carbocycles. The smallest absolute Gasteiger partial charge is 0.323 e. The lowest BCUT2D eigenvalue weighted by Gasteiger charge is -2.15. The second-order valence-corrected chi connectivity index (χ2v) is 6.60. The molecular weight excluding hydrogens is 340 g/mol. The molecule has 1 aromatic carbocycles. The molecule has 0 radical (unpaired) electrons. The first-order valence-corrected chi connectivity index (χ1v) is 8.53. The van der Waals surface area contributed by atoms with E-state index in [4.69, 9.17) is 22.1 Å². The summed E-state index contributed by atoms with van der Waals surface area (Å²) in [7, 11) is 0. The minimum Gasteiger partial charge on any atom is -0.465 e. The summed E-state index contributed by atoms with van der Waals surface area (Å²) in [6, 6.07) is 5.67. The lowest BCUT2D eigenvalue weighted by molar-refractivity contribution is -0.144. The Balaban J connectivity index is 1.98. The number of rotatable bonds is 6. The Labute approximate surface area is 143 Å². The lowest BCUT2D eigenvalue weighted by atomic mass is 10.3. The van der Waals surface area contributed by atoms with Crippen molar-refractivity contribution in [1.82, 2.24) is 0 Å². The molecular formula is C15H17ClN2O4S. The Hall–Kier alpha value is -1.57. The summed E-state index contributed by atoms with van der Waals surface area (Å²) < 4.78 is 4.82. The second-order valence-electron chi connectivity index (χ2n) is 4.93. The summed E-state index contributed by atoms with van der Waals surface area (Å²) in [4.78, 5) is 37.1. The van der Waals surface area contributed by atoms with Crippen molar-refractivity contribution in [1.29, 1.82) is 0 Å². The van der Waals surface area contributed by atoms with Gasteiger partial charge in [-0.05, 0) is 31.2 Å². The standard InChI is InChI=1S/C15H17ClN2O4S/c1-2-22-15(21)11(17)8-23-12-7-13(19)18(14(12)20)10-5-3-9(16)4-6-10/h3-6,11-12H,2,7-8,17H2,1H3/t11-,12+/m0/s1. The number of nitrogens with zero attached hydrogens (tertiary/aromatic N) is 1. The number of carbonyl (C=O) groups is 3. The third kappa shape index (κ3) is 4.25. The summed E-state index contributed by atoms with van der Waals surface area (Å²) in [5.74, 6) is -0.874. The molecule has 2 amide bonds. The number of benzene rings is 1. The van der Waals surface area contributed by atoms with E-state index in [1.54, 1.807) is 31.2 Å². The van der Waals surface area contributed by atoms with E-state index in [1.807, 2.05) is 0 Å². The molecule has 1 saturated heterocycles. The van der Waals surface area contributed by atoms with Crippen molar-refractivity contribution in [2.24, 2.45) is 5.73 Å². The molecule has 1 aliphatic heterocycles. The van der Waals surface area contributed by atoms with Gasteiger partial charge in [0.1, 0.15) is 6.04 Å². The number of ether oxygens (including phenoxy) is 1. The molecule has 124 valence electrons. The number of hydrogen-bond acceptors (Lipinski definition) is 6. The number of anilines is 1. The van der Waals surface area contributed by atoms with Gasteiger partial charge in [-0.1, -0.05) is 11.6 Å². The molecule has 2 N–H and O–H groups in total. The molecule has 8 heteroatoms.